The third-order valence-electron chi connectivity index (χ3n) is 3.26. The van der Waals surface area contributed by atoms with Crippen molar-refractivity contribution in [2.75, 3.05) is 13.2 Å². The van der Waals surface area contributed by atoms with Crippen molar-refractivity contribution < 1.29 is 14.3 Å². The summed E-state index contributed by atoms with van der Waals surface area (Å²) in [6.45, 7) is 8.83. The van der Waals surface area contributed by atoms with Crippen LogP contribution in [0.5, 0.6) is 0 Å². The van der Waals surface area contributed by atoms with Gasteiger partial charge in [-0.05, 0) is 44.6 Å². The average Bonchev–Trinajstić information content (AvgIpc) is 2.23. The number of hydrogen-bond donors (Lipinski definition) is 0. The van der Waals surface area contributed by atoms with Gasteiger partial charge in [-0.3, -0.25) is 4.79 Å². The van der Waals surface area contributed by atoms with Crippen LogP contribution in [0.1, 0.15) is 47.0 Å². The lowest BCUT2D eigenvalue weighted by Crippen LogP contribution is -2.26. The second kappa shape index (κ2) is 6.80. The summed E-state index contributed by atoms with van der Waals surface area (Å²) in [5.74, 6) is 0.477. The molecule has 1 unspecified atom stereocenters. The van der Waals surface area contributed by atoms with Crippen LogP contribution in [0.3, 0.4) is 0 Å². The highest BCUT2D eigenvalue weighted by Gasteiger charge is 2.24. The fraction of sp³-hybridized carbons (Fsp3) is 0.786. The highest BCUT2D eigenvalue weighted by Crippen LogP contribution is 2.32. The molecule has 3 heteroatoms. The zero-order chi connectivity index (χ0) is 12.8. The minimum absolute atomic E-state index is 0.222. The molecule has 1 aliphatic carbocycles. The summed E-state index contributed by atoms with van der Waals surface area (Å²) in [5, 5.41) is 0. The molecule has 0 aromatic rings. The highest BCUT2D eigenvalue weighted by molar-refractivity contribution is 5.65. The lowest BCUT2D eigenvalue weighted by Gasteiger charge is -2.31. The normalized spacial score (nSPS) is 24.6. The standard InChI is InChI=1S/C14H24O3/c1-10(2)13-6-5-11(3)9-14(13)17-8-7-16-12(4)15/h11,14H,5-9H2,1-4H3/t11-,14?/m1/s1. The fourth-order valence-corrected chi connectivity index (χ4v) is 2.30. The molecule has 0 aromatic heterocycles. The van der Waals surface area contributed by atoms with Gasteiger partial charge in [0.25, 0.3) is 0 Å². The van der Waals surface area contributed by atoms with E-state index in [0.29, 0.717) is 13.2 Å². The summed E-state index contributed by atoms with van der Waals surface area (Å²) in [6.07, 6.45) is 3.70. The molecule has 0 amide bonds. The van der Waals surface area contributed by atoms with Gasteiger partial charge in [0.2, 0.25) is 0 Å². The molecule has 0 bridgehead atoms. The maximum absolute atomic E-state index is 10.6. The Morgan fingerprint density at radius 3 is 2.59 bits per heavy atom. The van der Waals surface area contributed by atoms with Gasteiger partial charge in [0.05, 0.1) is 12.7 Å². The number of esters is 1. The molecule has 1 aliphatic rings. The molecule has 0 saturated heterocycles. The summed E-state index contributed by atoms with van der Waals surface area (Å²) in [5.41, 5.74) is 2.81. The number of allylic oxidation sites excluding steroid dienone is 1. The average molecular weight is 240 g/mol. The first kappa shape index (κ1) is 14.2. The summed E-state index contributed by atoms with van der Waals surface area (Å²) in [4.78, 5) is 10.6. The van der Waals surface area contributed by atoms with Crippen LogP contribution >= 0.6 is 0 Å². The van der Waals surface area contributed by atoms with E-state index in [-0.39, 0.29) is 12.1 Å². The van der Waals surface area contributed by atoms with Crippen molar-refractivity contribution in [3.8, 4) is 0 Å². The first-order valence-electron chi connectivity index (χ1n) is 6.42. The maximum atomic E-state index is 10.6. The van der Waals surface area contributed by atoms with Crippen molar-refractivity contribution in [2.45, 2.75) is 53.1 Å². The molecule has 1 saturated carbocycles. The molecule has 0 aromatic carbocycles. The van der Waals surface area contributed by atoms with E-state index in [0.717, 1.165) is 18.8 Å². The molecular weight excluding hydrogens is 216 g/mol. The van der Waals surface area contributed by atoms with Crippen molar-refractivity contribution in [3.63, 3.8) is 0 Å². The fourth-order valence-electron chi connectivity index (χ4n) is 2.30. The molecule has 0 N–H and O–H groups in total. The Morgan fingerprint density at radius 1 is 1.29 bits per heavy atom. The molecule has 0 spiro atoms. The van der Waals surface area contributed by atoms with E-state index in [1.807, 2.05) is 0 Å². The van der Waals surface area contributed by atoms with Crippen LogP contribution in [-0.4, -0.2) is 25.3 Å². The highest BCUT2D eigenvalue weighted by atomic mass is 16.6. The lowest BCUT2D eigenvalue weighted by atomic mass is 9.83. The molecule has 1 rings (SSSR count). The van der Waals surface area contributed by atoms with Gasteiger partial charge in [-0.1, -0.05) is 12.5 Å². The zero-order valence-electron chi connectivity index (χ0n) is 11.4. The zero-order valence-corrected chi connectivity index (χ0v) is 11.4. The van der Waals surface area contributed by atoms with Gasteiger partial charge >= 0.3 is 5.97 Å². The van der Waals surface area contributed by atoms with Crippen LogP contribution in [0.4, 0.5) is 0 Å². The molecule has 0 heterocycles. The van der Waals surface area contributed by atoms with Crippen molar-refractivity contribution >= 4 is 5.97 Å². The predicted octanol–water partition coefficient (Wildman–Crippen LogP) is 3.09. The van der Waals surface area contributed by atoms with E-state index in [4.69, 9.17) is 9.47 Å². The molecule has 98 valence electrons. The van der Waals surface area contributed by atoms with Crippen molar-refractivity contribution in [2.24, 2.45) is 5.92 Å². The van der Waals surface area contributed by atoms with Crippen LogP contribution in [0.25, 0.3) is 0 Å². The summed E-state index contributed by atoms with van der Waals surface area (Å²) >= 11 is 0. The molecular formula is C14H24O3. The van der Waals surface area contributed by atoms with E-state index >= 15 is 0 Å². The van der Waals surface area contributed by atoms with Crippen LogP contribution in [0, 0.1) is 5.92 Å². The minimum Gasteiger partial charge on any atom is -0.463 e. The first-order valence-corrected chi connectivity index (χ1v) is 6.42. The SMILES string of the molecule is CC(=O)OCCOC1C[C@H](C)CCC1=C(C)C. The number of ether oxygens (including phenoxy) is 2. The Hall–Kier alpha value is -0.830. The number of carbonyl (C=O) groups excluding carboxylic acids is 1. The van der Waals surface area contributed by atoms with Gasteiger partial charge in [-0.15, -0.1) is 0 Å². The van der Waals surface area contributed by atoms with E-state index in [1.54, 1.807) is 0 Å². The molecule has 1 fully saturated rings. The van der Waals surface area contributed by atoms with Crippen LogP contribution in [0.2, 0.25) is 0 Å². The third-order valence-corrected chi connectivity index (χ3v) is 3.26. The first-order chi connectivity index (χ1) is 8.00. The van der Waals surface area contributed by atoms with Gasteiger partial charge in [0.1, 0.15) is 6.61 Å². The summed E-state index contributed by atoms with van der Waals surface area (Å²) in [7, 11) is 0. The molecule has 3 nitrogen and oxygen atoms in total. The Bertz CT molecular complexity index is 290. The topological polar surface area (TPSA) is 35.5 Å². The largest absolute Gasteiger partial charge is 0.463 e. The van der Waals surface area contributed by atoms with Crippen molar-refractivity contribution in [3.05, 3.63) is 11.1 Å². The Balaban J connectivity index is 2.42. The van der Waals surface area contributed by atoms with Gasteiger partial charge in [0.15, 0.2) is 0 Å². The quantitative estimate of drug-likeness (QED) is 0.430. The summed E-state index contributed by atoms with van der Waals surface area (Å²) < 4.78 is 10.7. The van der Waals surface area contributed by atoms with Gasteiger partial charge in [0, 0.05) is 6.92 Å². The van der Waals surface area contributed by atoms with Gasteiger partial charge in [-0.25, -0.2) is 0 Å². The minimum atomic E-state index is -0.243. The van der Waals surface area contributed by atoms with E-state index < -0.39 is 0 Å². The summed E-state index contributed by atoms with van der Waals surface area (Å²) in [6, 6.07) is 0. The molecule has 0 radical (unpaired) electrons. The van der Waals surface area contributed by atoms with Crippen LogP contribution in [-0.2, 0) is 14.3 Å². The van der Waals surface area contributed by atoms with Crippen molar-refractivity contribution in [1.29, 1.82) is 0 Å². The van der Waals surface area contributed by atoms with E-state index in [2.05, 4.69) is 20.8 Å². The Kier molecular flexibility index (Phi) is 5.69. The number of hydrogen-bond acceptors (Lipinski definition) is 3. The molecule has 2 atom stereocenters. The smallest absolute Gasteiger partial charge is 0.302 e. The number of rotatable bonds is 4. The van der Waals surface area contributed by atoms with E-state index in [1.165, 1.54) is 24.5 Å². The molecule has 0 aliphatic heterocycles. The van der Waals surface area contributed by atoms with Crippen molar-refractivity contribution in [1.82, 2.24) is 0 Å². The number of carbonyl (C=O) groups is 1. The predicted molar refractivity (Wildman–Crippen MR) is 67.8 cm³/mol. The van der Waals surface area contributed by atoms with Gasteiger partial charge in [-0.2, -0.15) is 0 Å². The third kappa shape index (κ3) is 4.90. The van der Waals surface area contributed by atoms with Crippen LogP contribution < -0.4 is 0 Å². The Morgan fingerprint density at radius 2 is 2.00 bits per heavy atom. The van der Waals surface area contributed by atoms with Gasteiger partial charge < -0.3 is 9.47 Å². The molecule has 17 heavy (non-hydrogen) atoms. The lowest BCUT2D eigenvalue weighted by molar-refractivity contribution is -0.143. The second-order valence-corrected chi connectivity index (χ2v) is 5.10. The van der Waals surface area contributed by atoms with Crippen LogP contribution in [0.15, 0.2) is 11.1 Å². The van der Waals surface area contributed by atoms with E-state index in [9.17, 15) is 4.79 Å². The monoisotopic (exact) mass is 240 g/mol. The Labute approximate surface area is 104 Å². The second-order valence-electron chi connectivity index (χ2n) is 5.10. The maximum Gasteiger partial charge on any atom is 0.302 e.